The molecule has 5 heteroatoms. The van der Waals surface area contributed by atoms with Gasteiger partial charge in [-0.2, -0.15) is 0 Å². The van der Waals surface area contributed by atoms with Crippen LogP contribution in [0.4, 0.5) is 0 Å². The third-order valence-corrected chi connectivity index (χ3v) is 1.11. The zero-order valence-corrected chi connectivity index (χ0v) is 10.2. The first-order chi connectivity index (χ1) is 7.25. The minimum Gasteiger partial charge on any atom is -0.366 e. The molecule has 0 aromatic carbocycles. The Hall–Kier alpha value is -1.36. The van der Waals surface area contributed by atoms with E-state index in [1.165, 1.54) is 27.7 Å². The number of carbonyl (C=O) groups is 4. The molecule has 0 saturated heterocycles. The third kappa shape index (κ3) is 22.9. The van der Waals surface area contributed by atoms with E-state index in [9.17, 15) is 19.2 Å². The predicted molar refractivity (Wildman–Crippen MR) is 58.2 cm³/mol. The van der Waals surface area contributed by atoms with Crippen LogP contribution in [0, 0.1) is 0 Å². The predicted octanol–water partition coefficient (Wildman–Crippen LogP) is 0.736. The second-order valence-electron chi connectivity index (χ2n) is 3.48. The van der Waals surface area contributed by atoms with Crippen LogP contribution in [-0.2, 0) is 23.9 Å². The van der Waals surface area contributed by atoms with Crippen LogP contribution in [-0.4, -0.2) is 36.3 Å². The van der Waals surface area contributed by atoms with E-state index in [2.05, 4.69) is 4.74 Å². The maximum absolute atomic E-state index is 10.2. The topological polar surface area (TPSA) is 77.5 Å². The molecular weight excluding hydrogens is 212 g/mol. The van der Waals surface area contributed by atoms with Crippen molar-refractivity contribution in [2.45, 2.75) is 34.1 Å². The average Bonchev–Trinajstić information content (AvgIpc) is 2.00. The molecule has 0 amide bonds. The van der Waals surface area contributed by atoms with E-state index in [0.29, 0.717) is 0 Å². The second-order valence-corrected chi connectivity index (χ2v) is 3.48. The molecule has 0 aromatic heterocycles. The molecular formula is C11H18O5. The first kappa shape index (κ1) is 17.0. The molecule has 0 aliphatic heterocycles. The van der Waals surface area contributed by atoms with Crippen molar-refractivity contribution in [3.8, 4) is 0 Å². The summed E-state index contributed by atoms with van der Waals surface area (Å²) in [6, 6.07) is 0. The van der Waals surface area contributed by atoms with E-state index in [-0.39, 0.29) is 42.8 Å². The van der Waals surface area contributed by atoms with Gasteiger partial charge in [0.15, 0.2) is 11.6 Å². The molecule has 0 aliphatic rings. The van der Waals surface area contributed by atoms with Gasteiger partial charge in [-0.25, -0.2) is 0 Å². The number of ether oxygens (including phenoxy) is 1. The Morgan fingerprint density at radius 3 is 1.12 bits per heavy atom. The van der Waals surface area contributed by atoms with Crippen molar-refractivity contribution in [2.24, 2.45) is 0 Å². The lowest BCUT2D eigenvalue weighted by Crippen LogP contribution is -2.09. The van der Waals surface area contributed by atoms with Gasteiger partial charge in [0.25, 0.3) is 0 Å². The highest BCUT2D eigenvalue weighted by Gasteiger charge is 1.95. The maximum atomic E-state index is 10.2. The Bertz CT molecular complexity index is 242. The first-order valence-corrected chi connectivity index (χ1v) is 4.81. The summed E-state index contributed by atoms with van der Waals surface area (Å²) in [6.45, 7) is 5.72. The lowest BCUT2D eigenvalue weighted by atomic mass is 10.2. The zero-order valence-electron chi connectivity index (χ0n) is 10.2. The third-order valence-electron chi connectivity index (χ3n) is 1.11. The molecule has 5 nitrogen and oxygen atoms in total. The Morgan fingerprint density at radius 1 is 0.688 bits per heavy atom. The fraction of sp³-hybridized carbons (Fsp3) is 0.636. The fourth-order valence-electron chi connectivity index (χ4n) is 0.689. The van der Waals surface area contributed by atoms with Crippen molar-refractivity contribution >= 4 is 23.1 Å². The summed E-state index contributed by atoms with van der Waals surface area (Å²) in [5, 5.41) is 0. The van der Waals surface area contributed by atoms with Crippen LogP contribution in [0.1, 0.15) is 34.1 Å². The second kappa shape index (κ2) is 10.2. The molecule has 0 bridgehead atoms. The highest BCUT2D eigenvalue weighted by molar-refractivity contribution is 5.96. The van der Waals surface area contributed by atoms with Crippen LogP contribution >= 0.6 is 0 Å². The summed E-state index contributed by atoms with van der Waals surface area (Å²) in [4.78, 5) is 40.4. The van der Waals surface area contributed by atoms with Crippen molar-refractivity contribution in [2.75, 3.05) is 13.2 Å². The molecule has 0 radical (unpaired) electrons. The molecule has 0 aliphatic carbocycles. The first-order valence-electron chi connectivity index (χ1n) is 4.81. The van der Waals surface area contributed by atoms with Crippen LogP contribution in [0.25, 0.3) is 0 Å². The molecule has 0 saturated carbocycles. The number of hydrogen-bond donors (Lipinski definition) is 0. The smallest absolute Gasteiger partial charge is 0.155 e. The zero-order chi connectivity index (χ0) is 13.1. The number of carbonyl (C=O) groups excluding carboxylic acids is 4. The van der Waals surface area contributed by atoms with Crippen molar-refractivity contribution in [3.63, 3.8) is 0 Å². The summed E-state index contributed by atoms with van der Waals surface area (Å²) in [7, 11) is 0. The van der Waals surface area contributed by atoms with Gasteiger partial charge in [-0.15, -0.1) is 0 Å². The van der Waals surface area contributed by atoms with Crippen molar-refractivity contribution in [3.05, 3.63) is 0 Å². The Morgan fingerprint density at radius 2 is 1.00 bits per heavy atom. The quantitative estimate of drug-likeness (QED) is 0.629. The lowest BCUT2D eigenvalue weighted by molar-refractivity contribution is -0.127. The van der Waals surface area contributed by atoms with Gasteiger partial charge in [-0.05, 0) is 27.7 Å². The fourth-order valence-corrected chi connectivity index (χ4v) is 0.689. The molecule has 0 heterocycles. The highest BCUT2D eigenvalue weighted by atomic mass is 16.5. The normalized spacial score (nSPS) is 8.75. The van der Waals surface area contributed by atoms with E-state index < -0.39 is 0 Å². The van der Waals surface area contributed by atoms with E-state index in [1.807, 2.05) is 0 Å². The summed E-state index contributed by atoms with van der Waals surface area (Å²) in [5.74, 6) is -0.243. The van der Waals surface area contributed by atoms with Gasteiger partial charge in [0, 0.05) is 0 Å². The van der Waals surface area contributed by atoms with Crippen molar-refractivity contribution < 1.29 is 23.9 Å². The van der Waals surface area contributed by atoms with Gasteiger partial charge in [0.05, 0.1) is 6.42 Å². The standard InChI is InChI=1S/C6H10O3.C5H8O2/c1-5(7)3-9-4-6(2)8;1-4(6)3-5(2)7/h3-4H2,1-2H3;3H2,1-2H3. The van der Waals surface area contributed by atoms with Gasteiger partial charge >= 0.3 is 0 Å². The monoisotopic (exact) mass is 230 g/mol. The number of ketones is 4. The number of Topliss-reactive ketones (excluding diaryl/α,β-unsaturated/α-hetero) is 4. The molecule has 0 spiro atoms. The Balaban J connectivity index is 0. The van der Waals surface area contributed by atoms with Crippen molar-refractivity contribution in [1.82, 2.24) is 0 Å². The molecule has 0 atom stereocenters. The number of hydrogen-bond acceptors (Lipinski definition) is 5. The Labute approximate surface area is 95.2 Å². The van der Waals surface area contributed by atoms with Crippen LogP contribution in [0.15, 0.2) is 0 Å². The molecule has 0 unspecified atom stereocenters. The van der Waals surface area contributed by atoms with Gasteiger partial charge in [0.2, 0.25) is 0 Å². The van der Waals surface area contributed by atoms with E-state index in [0.717, 1.165) is 0 Å². The van der Waals surface area contributed by atoms with Crippen LogP contribution in [0.3, 0.4) is 0 Å². The van der Waals surface area contributed by atoms with Gasteiger partial charge in [-0.3, -0.25) is 19.2 Å². The number of rotatable bonds is 6. The maximum Gasteiger partial charge on any atom is 0.155 e. The lowest BCUT2D eigenvalue weighted by Gasteiger charge is -1.94. The van der Waals surface area contributed by atoms with Gasteiger partial charge in [0.1, 0.15) is 24.8 Å². The molecule has 0 fully saturated rings. The minimum absolute atomic E-state index is 0.0412. The van der Waals surface area contributed by atoms with E-state index in [4.69, 9.17) is 0 Å². The highest BCUT2D eigenvalue weighted by Crippen LogP contribution is 1.80. The minimum atomic E-state index is -0.0625. The summed E-state index contributed by atoms with van der Waals surface area (Å²) >= 11 is 0. The van der Waals surface area contributed by atoms with Crippen LogP contribution < -0.4 is 0 Å². The molecule has 0 aromatic rings. The molecule has 16 heavy (non-hydrogen) atoms. The molecule has 0 N–H and O–H groups in total. The molecule has 92 valence electrons. The summed E-state index contributed by atoms with van der Waals surface area (Å²) in [6.07, 6.45) is 0.0833. The van der Waals surface area contributed by atoms with Gasteiger partial charge in [-0.1, -0.05) is 0 Å². The summed E-state index contributed by atoms with van der Waals surface area (Å²) in [5.41, 5.74) is 0. The average molecular weight is 230 g/mol. The van der Waals surface area contributed by atoms with E-state index in [1.54, 1.807) is 0 Å². The largest absolute Gasteiger partial charge is 0.366 e. The summed E-state index contributed by atoms with van der Waals surface area (Å²) < 4.78 is 4.66. The SMILES string of the molecule is CC(=O)CC(C)=O.CC(=O)COCC(C)=O. The Kier molecular flexibility index (Phi) is 10.8. The van der Waals surface area contributed by atoms with E-state index >= 15 is 0 Å². The van der Waals surface area contributed by atoms with Gasteiger partial charge < -0.3 is 4.74 Å². The van der Waals surface area contributed by atoms with Crippen molar-refractivity contribution in [1.29, 1.82) is 0 Å². The van der Waals surface area contributed by atoms with Crippen LogP contribution in [0.5, 0.6) is 0 Å². The van der Waals surface area contributed by atoms with Crippen LogP contribution in [0.2, 0.25) is 0 Å². The molecule has 0 rings (SSSR count).